The first kappa shape index (κ1) is 16.6. The number of piperidine rings is 2. The lowest BCUT2D eigenvalue weighted by molar-refractivity contribution is -0.134. The van der Waals surface area contributed by atoms with Crippen molar-refractivity contribution in [1.82, 2.24) is 14.8 Å². The fraction of sp³-hybridized carbons (Fsp3) is 0.571. The molecule has 4 heteroatoms. The van der Waals surface area contributed by atoms with Gasteiger partial charge in [-0.1, -0.05) is 25.1 Å². The van der Waals surface area contributed by atoms with Gasteiger partial charge in [-0.25, -0.2) is 0 Å². The van der Waals surface area contributed by atoms with Gasteiger partial charge in [-0.05, 0) is 62.2 Å². The summed E-state index contributed by atoms with van der Waals surface area (Å²) in [5.41, 5.74) is 2.68. The molecule has 2 saturated heterocycles. The number of hydrogen-bond acceptors (Lipinski definition) is 2. The number of nitrogens with zero attached hydrogens (tertiary/aromatic N) is 2. The van der Waals surface area contributed by atoms with Gasteiger partial charge in [0.25, 0.3) is 0 Å². The Balaban J connectivity index is 1.33. The summed E-state index contributed by atoms with van der Waals surface area (Å²) in [5, 5.41) is 1.36. The highest BCUT2D eigenvalue weighted by molar-refractivity contribution is 5.83. The van der Waals surface area contributed by atoms with Crippen LogP contribution in [-0.4, -0.2) is 53.4 Å². The maximum atomic E-state index is 12.6. The van der Waals surface area contributed by atoms with E-state index in [1.807, 2.05) is 0 Å². The van der Waals surface area contributed by atoms with Gasteiger partial charge >= 0.3 is 0 Å². The molecule has 3 heterocycles. The van der Waals surface area contributed by atoms with E-state index >= 15 is 0 Å². The molecular weight excluding hydrogens is 310 g/mol. The Morgan fingerprint density at radius 3 is 2.76 bits per heavy atom. The van der Waals surface area contributed by atoms with Crippen LogP contribution in [0.1, 0.15) is 44.1 Å². The number of carbonyl (C=O) groups is 1. The molecule has 4 rings (SSSR count). The maximum absolute atomic E-state index is 12.6. The van der Waals surface area contributed by atoms with Crippen molar-refractivity contribution >= 4 is 16.8 Å². The number of carbonyl (C=O) groups excluding carboxylic acids is 1. The molecule has 0 bridgehead atoms. The normalized spacial score (nSPS) is 23.2. The molecule has 1 unspecified atom stereocenters. The minimum Gasteiger partial charge on any atom is -0.361 e. The molecule has 4 nitrogen and oxygen atoms in total. The lowest BCUT2D eigenvalue weighted by atomic mass is 9.89. The Bertz CT molecular complexity index is 730. The van der Waals surface area contributed by atoms with Crippen molar-refractivity contribution in [2.75, 3.05) is 32.7 Å². The quantitative estimate of drug-likeness (QED) is 0.928. The molecule has 2 aliphatic rings. The van der Waals surface area contributed by atoms with E-state index in [4.69, 9.17) is 0 Å². The fourth-order valence-corrected chi connectivity index (χ4v) is 4.54. The highest BCUT2D eigenvalue weighted by atomic mass is 16.2. The third-order valence-corrected chi connectivity index (χ3v) is 6.02. The number of rotatable bonds is 3. The van der Waals surface area contributed by atoms with Gasteiger partial charge in [0.05, 0.1) is 6.54 Å². The van der Waals surface area contributed by atoms with Gasteiger partial charge in [-0.15, -0.1) is 0 Å². The summed E-state index contributed by atoms with van der Waals surface area (Å²) in [6, 6.07) is 8.56. The zero-order valence-corrected chi connectivity index (χ0v) is 15.2. The summed E-state index contributed by atoms with van der Waals surface area (Å²) in [5.74, 6) is 1.60. The second-order valence-electron chi connectivity index (χ2n) is 7.93. The molecule has 2 aliphatic heterocycles. The molecule has 0 saturated carbocycles. The third-order valence-electron chi connectivity index (χ3n) is 6.02. The topological polar surface area (TPSA) is 39.3 Å². The van der Waals surface area contributed by atoms with Crippen molar-refractivity contribution in [3.05, 3.63) is 36.0 Å². The summed E-state index contributed by atoms with van der Waals surface area (Å²) < 4.78 is 0. The first-order valence-corrected chi connectivity index (χ1v) is 9.77. The third kappa shape index (κ3) is 3.59. The summed E-state index contributed by atoms with van der Waals surface area (Å²) in [6.07, 6.45) is 6.90. The number of aromatic nitrogens is 1. The van der Waals surface area contributed by atoms with Crippen LogP contribution in [0.15, 0.2) is 30.5 Å². The average Bonchev–Trinajstić information content (AvgIpc) is 3.06. The molecule has 2 aromatic rings. The smallest absolute Gasteiger partial charge is 0.236 e. The Labute approximate surface area is 150 Å². The first-order chi connectivity index (χ1) is 12.2. The molecule has 0 radical (unpaired) electrons. The summed E-state index contributed by atoms with van der Waals surface area (Å²) >= 11 is 0. The second kappa shape index (κ2) is 7.20. The van der Waals surface area contributed by atoms with E-state index in [0.717, 1.165) is 45.4 Å². The maximum Gasteiger partial charge on any atom is 0.236 e. The van der Waals surface area contributed by atoms with Crippen LogP contribution in [0.25, 0.3) is 10.9 Å². The number of benzene rings is 1. The molecule has 2 fully saturated rings. The van der Waals surface area contributed by atoms with E-state index in [1.54, 1.807) is 0 Å². The van der Waals surface area contributed by atoms with Crippen molar-refractivity contribution in [3.8, 4) is 0 Å². The highest BCUT2D eigenvalue weighted by Gasteiger charge is 2.26. The van der Waals surface area contributed by atoms with Crippen LogP contribution in [0, 0.1) is 5.92 Å². The molecule has 0 spiro atoms. The van der Waals surface area contributed by atoms with Gasteiger partial charge in [0.1, 0.15) is 0 Å². The number of likely N-dealkylation sites (tertiary alicyclic amines) is 2. The molecule has 1 N–H and O–H groups in total. The van der Waals surface area contributed by atoms with E-state index < -0.39 is 0 Å². The van der Waals surface area contributed by atoms with Crippen molar-refractivity contribution in [2.24, 2.45) is 5.92 Å². The molecule has 0 aliphatic carbocycles. The van der Waals surface area contributed by atoms with E-state index in [-0.39, 0.29) is 0 Å². The monoisotopic (exact) mass is 339 g/mol. The van der Waals surface area contributed by atoms with Crippen molar-refractivity contribution in [1.29, 1.82) is 0 Å². The van der Waals surface area contributed by atoms with Gasteiger partial charge in [0, 0.05) is 30.2 Å². The summed E-state index contributed by atoms with van der Waals surface area (Å²) in [4.78, 5) is 20.4. The number of amides is 1. The number of aromatic amines is 1. The van der Waals surface area contributed by atoms with Gasteiger partial charge in [0.15, 0.2) is 0 Å². The molecule has 25 heavy (non-hydrogen) atoms. The molecule has 1 amide bonds. The minimum atomic E-state index is 0.331. The lowest BCUT2D eigenvalue weighted by Gasteiger charge is -2.35. The first-order valence-electron chi connectivity index (χ1n) is 9.77. The fourth-order valence-electron chi connectivity index (χ4n) is 4.54. The standard InChI is InChI=1S/C21H29N3O/c1-16-5-4-10-24(14-16)21(25)15-23-11-8-17(9-12-23)19-13-22-20-7-3-2-6-18(19)20/h2-3,6-7,13,16-17,22H,4-5,8-12,14-15H2,1H3. The van der Waals surface area contributed by atoms with Gasteiger partial charge in [-0.3, -0.25) is 9.69 Å². The van der Waals surface area contributed by atoms with Crippen molar-refractivity contribution in [2.45, 2.75) is 38.5 Å². The van der Waals surface area contributed by atoms with Crippen LogP contribution >= 0.6 is 0 Å². The Morgan fingerprint density at radius 2 is 1.96 bits per heavy atom. The highest BCUT2D eigenvalue weighted by Crippen LogP contribution is 2.33. The van der Waals surface area contributed by atoms with Crippen LogP contribution in [0.3, 0.4) is 0 Å². The zero-order chi connectivity index (χ0) is 17.2. The van der Waals surface area contributed by atoms with E-state index in [0.29, 0.717) is 24.3 Å². The van der Waals surface area contributed by atoms with Gasteiger partial charge in [0.2, 0.25) is 5.91 Å². The number of hydrogen-bond donors (Lipinski definition) is 1. The van der Waals surface area contributed by atoms with Crippen LogP contribution < -0.4 is 0 Å². The number of nitrogens with one attached hydrogen (secondary N) is 1. The van der Waals surface area contributed by atoms with Crippen molar-refractivity contribution < 1.29 is 4.79 Å². The molecule has 1 aromatic carbocycles. The van der Waals surface area contributed by atoms with Gasteiger partial charge < -0.3 is 9.88 Å². The molecule has 1 aromatic heterocycles. The Hall–Kier alpha value is -1.81. The van der Waals surface area contributed by atoms with Gasteiger partial charge in [-0.2, -0.15) is 0 Å². The van der Waals surface area contributed by atoms with Crippen LogP contribution in [-0.2, 0) is 4.79 Å². The molecule has 1 atom stereocenters. The van der Waals surface area contributed by atoms with E-state index in [9.17, 15) is 4.79 Å². The van der Waals surface area contributed by atoms with E-state index in [2.05, 4.69) is 52.2 Å². The van der Waals surface area contributed by atoms with Crippen molar-refractivity contribution in [3.63, 3.8) is 0 Å². The summed E-state index contributed by atoms with van der Waals surface area (Å²) in [6.45, 7) is 6.82. The number of fused-ring (bicyclic) bond motifs is 1. The molecular formula is C21H29N3O. The Morgan fingerprint density at radius 1 is 1.16 bits per heavy atom. The largest absolute Gasteiger partial charge is 0.361 e. The predicted molar refractivity (Wildman–Crippen MR) is 102 cm³/mol. The zero-order valence-electron chi connectivity index (χ0n) is 15.2. The summed E-state index contributed by atoms with van der Waals surface area (Å²) in [7, 11) is 0. The van der Waals surface area contributed by atoms with Crippen LogP contribution in [0.4, 0.5) is 0 Å². The van der Waals surface area contributed by atoms with Crippen LogP contribution in [0.2, 0.25) is 0 Å². The lowest BCUT2D eigenvalue weighted by Crippen LogP contribution is -2.46. The predicted octanol–water partition coefficient (Wildman–Crippen LogP) is 3.61. The number of H-pyrrole nitrogens is 1. The Kier molecular flexibility index (Phi) is 4.80. The SMILES string of the molecule is CC1CCCN(C(=O)CN2CCC(c3c[nH]c4ccccc34)CC2)C1. The average molecular weight is 339 g/mol. The second-order valence-corrected chi connectivity index (χ2v) is 7.93. The van der Waals surface area contributed by atoms with E-state index in [1.165, 1.54) is 22.9 Å². The minimum absolute atomic E-state index is 0.331. The number of para-hydroxylation sites is 1. The van der Waals surface area contributed by atoms with Crippen LogP contribution in [0.5, 0.6) is 0 Å². The molecule has 134 valence electrons.